The number of rotatable bonds is 10. The van der Waals surface area contributed by atoms with E-state index in [0.717, 1.165) is 53.6 Å². The first-order valence-electron chi connectivity index (χ1n) is 13.9. The lowest BCUT2D eigenvalue weighted by Crippen LogP contribution is -2.23. The van der Waals surface area contributed by atoms with Crippen molar-refractivity contribution in [2.45, 2.75) is 57.2 Å². The molecule has 0 spiro atoms. The SMILES string of the molecule is COC[C@@H](O)Cn1ncc(-c2ccn3ncc(C(=O)Nc4cc(-c5nnn(C6CC6)n5)ccc4C)c3c2)c1C1CC1. The highest BCUT2D eigenvalue weighted by Crippen LogP contribution is 2.44. The van der Waals surface area contributed by atoms with E-state index in [9.17, 15) is 9.90 Å². The number of hydrogen-bond donors (Lipinski definition) is 2. The van der Waals surface area contributed by atoms with Crippen LogP contribution in [0.25, 0.3) is 28.0 Å². The molecule has 5 aromatic rings. The standard InChI is InChI=1S/C29H31N9O3/c1-17-3-4-20(28-33-35-38(34-28)21-7-8-21)11-25(17)32-29(40)24-14-30-36-10-9-19(12-26(24)36)23-13-31-37(15-22(39)16-41-2)27(23)18-5-6-18/h3-4,9-14,18,21-22,39H,5-8,15-16H2,1-2H3,(H,32,40)/t22-/m0/s1. The van der Waals surface area contributed by atoms with Gasteiger partial charge in [0.15, 0.2) is 0 Å². The predicted molar refractivity (Wildman–Crippen MR) is 150 cm³/mol. The van der Waals surface area contributed by atoms with Gasteiger partial charge in [-0.1, -0.05) is 12.1 Å². The Kier molecular flexibility index (Phi) is 6.36. The Balaban J connectivity index is 1.17. The molecule has 210 valence electrons. The van der Waals surface area contributed by atoms with Gasteiger partial charge in [0.1, 0.15) is 0 Å². The van der Waals surface area contributed by atoms with Crippen LogP contribution >= 0.6 is 0 Å². The largest absolute Gasteiger partial charge is 0.389 e. The summed E-state index contributed by atoms with van der Waals surface area (Å²) in [4.78, 5) is 15.2. The molecule has 2 saturated carbocycles. The number of fused-ring (bicyclic) bond motifs is 1. The van der Waals surface area contributed by atoms with Crippen LogP contribution < -0.4 is 5.32 Å². The topological polar surface area (TPSA) is 137 Å². The molecule has 0 radical (unpaired) electrons. The number of benzene rings is 1. The molecular weight excluding hydrogens is 522 g/mol. The third-order valence-corrected chi connectivity index (χ3v) is 7.71. The molecule has 2 fully saturated rings. The van der Waals surface area contributed by atoms with Crippen LogP contribution in [0.2, 0.25) is 0 Å². The van der Waals surface area contributed by atoms with E-state index in [1.807, 2.05) is 54.3 Å². The summed E-state index contributed by atoms with van der Waals surface area (Å²) in [5, 5.41) is 35.3. The van der Waals surface area contributed by atoms with E-state index >= 15 is 0 Å². The monoisotopic (exact) mass is 553 g/mol. The Morgan fingerprint density at radius 3 is 2.76 bits per heavy atom. The van der Waals surface area contributed by atoms with Gasteiger partial charge >= 0.3 is 0 Å². The van der Waals surface area contributed by atoms with Gasteiger partial charge in [0.05, 0.1) is 48.8 Å². The summed E-state index contributed by atoms with van der Waals surface area (Å²) >= 11 is 0. The van der Waals surface area contributed by atoms with Gasteiger partial charge in [-0.15, -0.1) is 10.2 Å². The number of carbonyl (C=O) groups excluding carboxylic acids is 1. The number of hydrogen-bond acceptors (Lipinski definition) is 8. The van der Waals surface area contributed by atoms with Crippen LogP contribution in [0, 0.1) is 6.92 Å². The van der Waals surface area contributed by atoms with Crippen LogP contribution in [-0.2, 0) is 11.3 Å². The number of aliphatic hydroxyl groups excluding tert-OH is 1. The number of carbonyl (C=O) groups is 1. The molecule has 41 heavy (non-hydrogen) atoms. The Hall–Kier alpha value is -4.42. The van der Waals surface area contributed by atoms with Crippen molar-refractivity contribution in [1.82, 2.24) is 39.6 Å². The van der Waals surface area contributed by atoms with Gasteiger partial charge in [0, 0.05) is 41.7 Å². The molecule has 4 aromatic heterocycles. The molecule has 1 aromatic carbocycles. The smallest absolute Gasteiger partial charge is 0.259 e. The van der Waals surface area contributed by atoms with Gasteiger partial charge in [-0.25, -0.2) is 4.52 Å². The number of ether oxygens (including phenoxy) is 1. The Labute approximate surface area is 235 Å². The van der Waals surface area contributed by atoms with Gasteiger partial charge in [-0.3, -0.25) is 9.48 Å². The molecule has 0 aliphatic heterocycles. The van der Waals surface area contributed by atoms with Gasteiger partial charge in [-0.05, 0) is 67.1 Å². The number of anilines is 1. The Morgan fingerprint density at radius 1 is 1.12 bits per heavy atom. The molecular formula is C29H31N9O3. The summed E-state index contributed by atoms with van der Waals surface area (Å²) in [7, 11) is 1.57. The molecule has 12 nitrogen and oxygen atoms in total. The highest BCUT2D eigenvalue weighted by atomic mass is 16.5. The van der Waals surface area contributed by atoms with Gasteiger partial charge in [-0.2, -0.15) is 15.0 Å². The molecule has 7 rings (SSSR count). The van der Waals surface area contributed by atoms with Crippen LogP contribution in [0.3, 0.4) is 0 Å². The van der Waals surface area contributed by atoms with Crippen LogP contribution in [-0.4, -0.2) is 70.4 Å². The number of pyridine rings is 1. The van der Waals surface area contributed by atoms with Crippen LogP contribution in [0.5, 0.6) is 0 Å². The fraction of sp³-hybridized carbons (Fsp3) is 0.379. The van der Waals surface area contributed by atoms with E-state index in [2.05, 4.69) is 30.9 Å². The number of tetrazole rings is 1. The number of aromatic nitrogens is 8. The maximum Gasteiger partial charge on any atom is 0.259 e. The zero-order valence-corrected chi connectivity index (χ0v) is 22.9. The molecule has 2 aliphatic carbocycles. The zero-order chi connectivity index (χ0) is 28.1. The summed E-state index contributed by atoms with van der Waals surface area (Å²) in [5.41, 5.74) is 6.60. The third-order valence-electron chi connectivity index (χ3n) is 7.71. The lowest BCUT2D eigenvalue weighted by molar-refractivity contribution is 0.0508. The van der Waals surface area contributed by atoms with E-state index in [1.165, 1.54) is 0 Å². The molecule has 0 bridgehead atoms. The fourth-order valence-electron chi connectivity index (χ4n) is 5.20. The molecule has 2 N–H and O–H groups in total. The molecule has 1 atom stereocenters. The lowest BCUT2D eigenvalue weighted by atomic mass is 10.0. The summed E-state index contributed by atoms with van der Waals surface area (Å²) in [6, 6.07) is 10.1. The minimum atomic E-state index is -0.638. The number of aliphatic hydroxyl groups is 1. The van der Waals surface area contributed by atoms with Gasteiger partial charge in [0.2, 0.25) is 5.82 Å². The van der Waals surface area contributed by atoms with E-state index in [-0.39, 0.29) is 12.5 Å². The van der Waals surface area contributed by atoms with Crippen molar-refractivity contribution in [3.8, 4) is 22.5 Å². The van der Waals surface area contributed by atoms with Crippen molar-refractivity contribution in [2.24, 2.45) is 0 Å². The van der Waals surface area contributed by atoms with Crippen LogP contribution in [0.1, 0.15) is 59.3 Å². The molecule has 12 heteroatoms. The van der Waals surface area contributed by atoms with Crippen molar-refractivity contribution in [3.05, 3.63) is 65.7 Å². The minimum absolute atomic E-state index is 0.249. The number of nitrogens with one attached hydrogen (secondary N) is 1. The summed E-state index contributed by atoms with van der Waals surface area (Å²) in [5.74, 6) is 0.685. The number of aryl methyl sites for hydroxylation is 1. The molecule has 1 amide bonds. The average molecular weight is 554 g/mol. The molecule has 0 saturated heterocycles. The van der Waals surface area contributed by atoms with Crippen LogP contribution in [0.4, 0.5) is 5.69 Å². The molecule has 2 aliphatic rings. The van der Waals surface area contributed by atoms with Crippen molar-refractivity contribution < 1.29 is 14.6 Å². The lowest BCUT2D eigenvalue weighted by Gasteiger charge is -2.13. The first kappa shape index (κ1) is 25.5. The van der Waals surface area contributed by atoms with Crippen molar-refractivity contribution in [2.75, 3.05) is 19.0 Å². The average Bonchev–Trinajstić information content (AvgIpc) is 3.86. The van der Waals surface area contributed by atoms with Crippen molar-refractivity contribution >= 4 is 17.1 Å². The van der Waals surface area contributed by atoms with Gasteiger partial charge in [0.25, 0.3) is 5.91 Å². The molecule has 4 heterocycles. The zero-order valence-electron chi connectivity index (χ0n) is 22.9. The van der Waals surface area contributed by atoms with E-state index < -0.39 is 6.10 Å². The highest BCUT2D eigenvalue weighted by molar-refractivity contribution is 6.09. The maximum atomic E-state index is 13.5. The minimum Gasteiger partial charge on any atom is -0.389 e. The number of nitrogens with zero attached hydrogens (tertiary/aromatic N) is 8. The second kappa shape index (κ2) is 10.2. The van der Waals surface area contributed by atoms with Crippen molar-refractivity contribution in [1.29, 1.82) is 0 Å². The maximum absolute atomic E-state index is 13.5. The summed E-state index contributed by atoms with van der Waals surface area (Å²) < 4.78 is 8.69. The quantitative estimate of drug-likeness (QED) is 0.268. The Morgan fingerprint density at radius 2 is 1.98 bits per heavy atom. The van der Waals surface area contributed by atoms with Crippen LogP contribution in [0.15, 0.2) is 48.9 Å². The number of amides is 1. The molecule has 0 unspecified atom stereocenters. The first-order chi connectivity index (χ1) is 20.0. The van der Waals surface area contributed by atoms with E-state index in [4.69, 9.17) is 4.74 Å². The summed E-state index contributed by atoms with van der Waals surface area (Å²) in [6.45, 7) is 2.56. The highest BCUT2D eigenvalue weighted by Gasteiger charge is 2.31. The second-order valence-electron chi connectivity index (χ2n) is 11.0. The van der Waals surface area contributed by atoms with Gasteiger partial charge < -0.3 is 15.2 Å². The fourth-order valence-corrected chi connectivity index (χ4v) is 5.20. The van der Waals surface area contributed by atoms with E-state index in [0.29, 0.717) is 41.1 Å². The second-order valence-corrected chi connectivity index (χ2v) is 11.0. The third kappa shape index (κ3) is 5.00. The van der Waals surface area contributed by atoms with E-state index in [1.54, 1.807) is 22.6 Å². The number of methoxy groups -OCH3 is 1. The van der Waals surface area contributed by atoms with Crippen molar-refractivity contribution in [3.63, 3.8) is 0 Å². The Bertz CT molecular complexity index is 1750. The summed E-state index contributed by atoms with van der Waals surface area (Å²) in [6.07, 6.45) is 8.98. The normalized spacial score (nSPS) is 15.9. The predicted octanol–water partition coefficient (Wildman–Crippen LogP) is 3.63. The first-order valence-corrected chi connectivity index (χ1v) is 13.9.